The van der Waals surface area contributed by atoms with Gasteiger partial charge in [0.1, 0.15) is 24.7 Å². The average Bonchev–Trinajstić information content (AvgIpc) is 3.52. The fourth-order valence-electron chi connectivity index (χ4n) is 4.12. The van der Waals surface area contributed by atoms with E-state index in [9.17, 15) is 14.4 Å². The molecule has 2 rings (SSSR count). The Morgan fingerprint density at radius 2 is 1.10 bits per heavy atom. The Balaban J connectivity index is 2.25. The van der Waals surface area contributed by atoms with Crippen LogP contribution in [0.3, 0.4) is 0 Å². The van der Waals surface area contributed by atoms with Crippen molar-refractivity contribution in [2.45, 2.75) is 47.0 Å². The minimum atomic E-state index is -0.551. The van der Waals surface area contributed by atoms with Crippen molar-refractivity contribution in [1.29, 1.82) is 0 Å². The van der Waals surface area contributed by atoms with Crippen molar-refractivity contribution < 1.29 is 14.4 Å². The molecule has 14 nitrogen and oxygen atoms in total. The van der Waals surface area contributed by atoms with Crippen molar-refractivity contribution in [1.82, 2.24) is 33.8 Å². The van der Waals surface area contributed by atoms with Crippen molar-refractivity contribution in [2.24, 2.45) is 28.3 Å². The summed E-state index contributed by atoms with van der Waals surface area (Å²) in [6, 6.07) is 0. The number of carbonyl (C=O) groups excluding carboxylic acids is 3. The summed E-state index contributed by atoms with van der Waals surface area (Å²) in [4.78, 5) is 53.0. The molecule has 8 N–H and O–H groups in total. The molecule has 0 atom stereocenters. The summed E-state index contributed by atoms with van der Waals surface area (Å²) in [5.74, 6) is 1.08. The van der Waals surface area contributed by atoms with Crippen LogP contribution in [0.4, 0.5) is 0 Å². The summed E-state index contributed by atoms with van der Waals surface area (Å²) < 4.78 is 3.54. The van der Waals surface area contributed by atoms with Crippen LogP contribution in [0.25, 0.3) is 0 Å². The van der Waals surface area contributed by atoms with Crippen LogP contribution in [0, 0.1) is 5.41 Å². The van der Waals surface area contributed by atoms with E-state index in [0.717, 1.165) is 0 Å². The lowest BCUT2D eigenvalue weighted by atomic mass is 9.90. The van der Waals surface area contributed by atoms with E-state index in [2.05, 4.69) is 9.97 Å². The molecule has 2 aromatic heterocycles. The summed E-state index contributed by atoms with van der Waals surface area (Å²) in [5, 5.41) is 0. The maximum absolute atomic E-state index is 13.1. The number of hydrogen-bond donors (Lipinski definition) is 4. The predicted molar refractivity (Wildman–Crippen MR) is 152 cm³/mol. The second kappa shape index (κ2) is 16.2. The second-order valence-electron chi connectivity index (χ2n) is 10.7. The van der Waals surface area contributed by atoms with E-state index in [1.165, 1.54) is 0 Å². The van der Waals surface area contributed by atoms with Crippen LogP contribution in [0.5, 0.6) is 0 Å². The highest BCUT2D eigenvalue weighted by Gasteiger charge is 2.26. The second-order valence-corrected chi connectivity index (χ2v) is 10.7. The van der Waals surface area contributed by atoms with Gasteiger partial charge in [0, 0.05) is 82.6 Å². The number of ketones is 1. The summed E-state index contributed by atoms with van der Waals surface area (Å²) in [7, 11) is 0. The van der Waals surface area contributed by atoms with E-state index < -0.39 is 5.41 Å². The van der Waals surface area contributed by atoms with Gasteiger partial charge in [0.05, 0.1) is 19.6 Å². The molecule has 0 spiro atoms. The van der Waals surface area contributed by atoms with Crippen LogP contribution in [0.1, 0.15) is 32.4 Å². The van der Waals surface area contributed by atoms with Gasteiger partial charge in [-0.15, -0.1) is 0 Å². The van der Waals surface area contributed by atoms with Crippen LogP contribution in [-0.2, 0) is 40.6 Å². The van der Waals surface area contributed by atoms with Crippen molar-refractivity contribution >= 4 is 17.6 Å². The molecule has 224 valence electrons. The zero-order valence-electron chi connectivity index (χ0n) is 24.2. The molecule has 2 amide bonds. The Morgan fingerprint density at radius 1 is 0.725 bits per heavy atom. The van der Waals surface area contributed by atoms with Gasteiger partial charge in [-0.05, 0) is 0 Å². The van der Waals surface area contributed by atoms with Gasteiger partial charge in [0.2, 0.25) is 11.8 Å². The zero-order valence-corrected chi connectivity index (χ0v) is 24.2. The van der Waals surface area contributed by atoms with Crippen molar-refractivity contribution in [3.05, 3.63) is 36.4 Å². The molecule has 0 aliphatic rings. The average molecular weight is 562 g/mol. The van der Waals surface area contributed by atoms with Crippen LogP contribution in [0.2, 0.25) is 0 Å². The van der Waals surface area contributed by atoms with Gasteiger partial charge in [-0.2, -0.15) is 0 Å². The minimum absolute atomic E-state index is 0.0463. The first kappa shape index (κ1) is 33.0. The van der Waals surface area contributed by atoms with Crippen LogP contribution >= 0.6 is 0 Å². The number of nitrogens with two attached hydrogens (primary N) is 4. The number of carbonyl (C=O) groups is 3. The number of hydrogen-bond acceptors (Lipinski definition) is 10. The molecular formula is C26H47N11O3. The molecule has 2 heterocycles. The maximum Gasteiger partial charge on any atom is 0.242 e. The van der Waals surface area contributed by atoms with Crippen LogP contribution in [-0.4, -0.2) is 110 Å². The summed E-state index contributed by atoms with van der Waals surface area (Å²) in [6.45, 7) is 9.57. The molecular weight excluding hydrogens is 514 g/mol. The molecule has 0 unspecified atom stereocenters. The predicted octanol–water partition coefficient (Wildman–Crippen LogP) is -1.81. The van der Waals surface area contributed by atoms with E-state index in [1.807, 2.05) is 25.7 Å². The Morgan fingerprint density at radius 3 is 1.43 bits per heavy atom. The number of imidazole rings is 2. The third kappa shape index (κ3) is 10.1. The third-order valence-corrected chi connectivity index (χ3v) is 6.45. The van der Waals surface area contributed by atoms with E-state index in [0.29, 0.717) is 77.1 Å². The molecule has 2 aromatic rings. The first-order valence-electron chi connectivity index (χ1n) is 13.7. The standard InChI is InChI=1S/C26H47N11O3/c1-26(2,3)21(38)16-33(17-22-31-8-14-36(22)19-24(39)34(10-4-27)11-5-28)18-23-32-9-15-37(23)20-25(40)35(12-6-29)13-7-30/h8-9,14-15H,4-7,10-13,16-20,27-30H2,1-3H3. The molecule has 0 saturated heterocycles. The van der Waals surface area contributed by atoms with Gasteiger partial charge in [0.25, 0.3) is 0 Å². The van der Waals surface area contributed by atoms with E-state index >= 15 is 0 Å². The SMILES string of the molecule is CC(C)(C)C(=O)CN(Cc1nccn1CC(=O)N(CCN)CCN)Cc1nccn1CC(=O)N(CCN)CCN. The van der Waals surface area contributed by atoms with Gasteiger partial charge in [-0.3, -0.25) is 19.3 Å². The fourth-order valence-corrected chi connectivity index (χ4v) is 4.12. The molecule has 0 aromatic carbocycles. The largest absolute Gasteiger partial charge is 0.339 e. The molecule has 0 aliphatic heterocycles. The Labute approximate surface area is 236 Å². The lowest BCUT2D eigenvalue weighted by Crippen LogP contribution is -2.41. The number of Topliss-reactive ketones (excluding diaryl/α,β-unsaturated/α-hetero) is 1. The van der Waals surface area contributed by atoms with Crippen molar-refractivity contribution in [3.8, 4) is 0 Å². The normalized spacial score (nSPS) is 11.7. The van der Waals surface area contributed by atoms with Gasteiger partial charge >= 0.3 is 0 Å². The van der Waals surface area contributed by atoms with Gasteiger partial charge in [0.15, 0.2) is 5.78 Å². The van der Waals surface area contributed by atoms with Crippen LogP contribution in [0.15, 0.2) is 24.8 Å². The number of nitrogens with zero attached hydrogens (tertiary/aromatic N) is 7. The number of rotatable bonds is 18. The molecule has 0 saturated carbocycles. The van der Waals surface area contributed by atoms with Gasteiger partial charge in [-0.25, -0.2) is 9.97 Å². The summed E-state index contributed by atoms with van der Waals surface area (Å²) in [6.07, 6.45) is 6.74. The lowest BCUT2D eigenvalue weighted by Gasteiger charge is -2.27. The highest BCUT2D eigenvalue weighted by Crippen LogP contribution is 2.18. The van der Waals surface area contributed by atoms with Gasteiger partial charge in [-0.1, -0.05) is 20.8 Å². The summed E-state index contributed by atoms with van der Waals surface area (Å²) in [5.41, 5.74) is 22.1. The molecule has 0 radical (unpaired) electrons. The lowest BCUT2D eigenvalue weighted by molar-refractivity contribution is -0.132. The van der Waals surface area contributed by atoms with E-state index in [-0.39, 0.29) is 37.2 Å². The number of aromatic nitrogens is 4. The third-order valence-electron chi connectivity index (χ3n) is 6.45. The highest BCUT2D eigenvalue weighted by molar-refractivity contribution is 5.85. The minimum Gasteiger partial charge on any atom is -0.339 e. The molecule has 0 bridgehead atoms. The van der Waals surface area contributed by atoms with Crippen LogP contribution < -0.4 is 22.9 Å². The molecule has 40 heavy (non-hydrogen) atoms. The van der Waals surface area contributed by atoms with Crippen molar-refractivity contribution in [2.75, 3.05) is 58.9 Å². The number of amides is 2. The van der Waals surface area contributed by atoms with Gasteiger partial charge < -0.3 is 41.9 Å². The molecule has 14 heteroatoms. The molecule has 0 aliphatic carbocycles. The van der Waals surface area contributed by atoms with E-state index in [1.54, 1.807) is 43.7 Å². The topological polar surface area (TPSA) is 201 Å². The first-order valence-corrected chi connectivity index (χ1v) is 13.7. The maximum atomic E-state index is 13.1. The highest BCUT2D eigenvalue weighted by atomic mass is 16.2. The monoisotopic (exact) mass is 561 g/mol. The Bertz CT molecular complexity index is 994. The smallest absolute Gasteiger partial charge is 0.242 e. The quantitative estimate of drug-likeness (QED) is 0.161. The Hall–Kier alpha value is -3.17. The molecule has 0 fully saturated rings. The zero-order chi connectivity index (χ0) is 29.7. The Kier molecular flexibility index (Phi) is 13.4. The van der Waals surface area contributed by atoms with Crippen molar-refractivity contribution in [3.63, 3.8) is 0 Å². The first-order chi connectivity index (χ1) is 19.0. The fraction of sp³-hybridized carbons (Fsp3) is 0.654. The van der Waals surface area contributed by atoms with E-state index in [4.69, 9.17) is 22.9 Å². The summed E-state index contributed by atoms with van der Waals surface area (Å²) >= 11 is 0.